The van der Waals surface area contributed by atoms with Gasteiger partial charge in [0.15, 0.2) is 0 Å². The van der Waals surface area contributed by atoms with Gasteiger partial charge in [-0.2, -0.15) is 0 Å². The summed E-state index contributed by atoms with van der Waals surface area (Å²) in [4.78, 5) is 22.7. The molecule has 0 aliphatic rings. The van der Waals surface area contributed by atoms with Crippen LogP contribution in [-0.4, -0.2) is 36.6 Å². The highest BCUT2D eigenvalue weighted by Gasteiger charge is 2.23. The van der Waals surface area contributed by atoms with Crippen LogP contribution in [-0.2, 0) is 14.2 Å². The number of terminal acetylenes is 1. The van der Waals surface area contributed by atoms with Gasteiger partial charge < -0.3 is 14.2 Å². The van der Waals surface area contributed by atoms with E-state index in [0.717, 1.165) is 0 Å². The highest BCUT2D eigenvalue weighted by molar-refractivity contribution is 5.73. The van der Waals surface area contributed by atoms with Crippen molar-refractivity contribution in [1.29, 1.82) is 0 Å². The maximum atomic E-state index is 11.5. The number of hydrogen-bond acceptors (Lipinski definition) is 5. The van der Waals surface area contributed by atoms with Crippen LogP contribution in [0.15, 0.2) is 10.2 Å². The fourth-order valence-electron chi connectivity index (χ4n) is 1.12. The second-order valence-corrected chi connectivity index (χ2v) is 5.81. The lowest BCUT2D eigenvalue weighted by Crippen LogP contribution is -2.28. The molecule has 0 saturated heterocycles. The third-order valence-electron chi connectivity index (χ3n) is 2.00. The van der Waals surface area contributed by atoms with Gasteiger partial charge in [0, 0.05) is 6.42 Å². The second kappa shape index (κ2) is 8.37. The van der Waals surface area contributed by atoms with Crippen LogP contribution in [0.25, 0.3) is 0 Å². The number of carbonyl (C=O) groups excluding carboxylic acids is 2. The van der Waals surface area contributed by atoms with Crippen LogP contribution in [0.5, 0.6) is 0 Å². The summed E-state index contributed by atoms with van der Waals surface area (Å²) in [7, 11) is 0. The summed E-state index contributed by atoms with van der Waals surface area (Å²) < 4.78 is 15.0. The zero-order valence-corrected chi connectivity index (χ0v) is 13.1. The molecule has 0 aromatic carbocycles. The minimum absolute atomic E-state index is 0.197. The highest BCUT2D eigenvalue weighted by Crippen LogP contribution is 2.16. The predicted molar refractivity (Wildman–Crippen MR) is 75.9 cm³/mol. The maximum absolute atomic E-state index is 11.5. The lowest BCUT2D eigenvalue weighted by Gasteiger charge is -2.23. The Morgan fingerprint density at radius 2 is 1.57 bits per heavy atom. The molecular weight excluding hydrogens is 276 g/mol. The van der Waals surface area contributed by atoms with Crippen molar-refractivity contribution in [3.8, 4) is 12.3 Å². The first-order chi connectivity index (χ1) is 9.56. The number of azo groups is 1. The van der Waals surface area contributed by atoms with Crippen molar-refractivity contribution >= 4 is 12.2 Å². The van der Waals surface area contributed by atoms with E-state index in [1.54, 1.807) is 34.6 Å². The summed E-state index contributed by atoms with van der Waals surface area (Å²) in [5.74, 6) is 2.33. The summed E-state index contributed by atoms with van der Waals surface area (Å²) in [6, 6.07) is 0. The van der Waals surface area contributed by atoms with Crippen LogP contribution in [0, 0.1) is 12.3 Å². The molecular formula is C14H22N2O5. The number of rotatable bonds is 5. The highest BCUT2D eigenvalue weighted by atomic mass is 16.6. The molecule has 21 heavy (non-hydrogen) atoms. The van der Waals surface area contributed by atoms with Crippen LogP contribution >= 0.6 is 0 Å². The molecule has 0 N–H and O–H groups in total. The molecule has 7 nitrogen and oxygen atoms in total. The van der Waals surface area contributed by atoms with Crippen molar-refractivity contribution in [2.24, 2.45) is 10.2 Å². The Bertz CT molecular complexity index is 430. The predicted octanol–water partition coefficient (Wildman–Crippen LogP) is 3.33. The average Bonchev–Trinajstić information content (AvgIpc) is 2.29. The first kappa shape index (κ1) is 19.1. The van der Waals surface area contributed by atoms with E-state index in [1.165, 1.54) is 0 Å². The second-order valence-electron chi connectivity index (χ2n) is 5.81. The third-order valence-corrected chi connectivity index (χ3v) is 2.00. The zero-order valence-electron chi connectivity index (χ0n) is 13.1. The van der Waals surface area contributed by atoms with Crippen molar-refractivity contribution in [1.82, 2.24) is 0 Å². The molecule has 118 valence electrons. The van der Waals surface area contributed by atoms with Gasteiger partial charge in [-0.05, 0) is 34.6 Å². The Kier molecular flexibility index (Phi) is 7.60. The summed E-state index contributed by atoms with van der Waals surface area (Å²) in [5, 5.41) is 6.29. The van der Waals surface area contributed by atoms with E-state index >= 15 is 0 Å². The largest absolute Gasteiger partial charge is 0.453 e. The minimum atomic E-state index is -0.970. The maximum Gasteiger partial charge on any atom is 0.453 e. The molecule has 0 rings (SSSR count). The summed E-state index contributed by atoms with van der Waals surface area (Å²) >= 11 is 0. The fourth-order valence-corrected chi connectivity index (χ4v) is 1.12. The minimum Gasteiger partial charge on any atom is -0.441 e. The standard InChI is InChI=1S/C14H22N2O5/c1-7-9-19-10-8-14(5,6)21-12(18)16-15-11(17)20-13(2,3)4/h1H,8-10H2,2-6H3/b16-15+. The Balaban J connectivity index is 4.23. The van der Waals surface area contributed by atoms with Crippen LogP contribution in [0.2, 0.25) is 0 Å². The van der Waals surface area contributed by atoms with Gasteiger partial charge in [-0.3, -0.25) is 0 Å². The van der Waals surface area contributed by atoms with E-state index in [0.29, 0.717) is 13.0 Å². The van der Waals surface area contributed by atoms with E-state index in [1.807, 2.05) is 0 Å². The number of carbonyl (C=O) groups is 2. The molecule has 0 spiro atoms. The van der Waals surface area contributed by atoms with Gasteiger partial charge in [-0.1, -0.05) is 16.1 Å². The zero-order chi connectivity index (χ0) is 16.5. The number of ether oxygens (including phenoxy) is 3. The Labute approximate surface area is 125 Å². The molecule has 0 aliphatic carbocycles. The monoisotopic (exact) mass is 298 g/mol. The average molecular weight is 298 g/mol. The van der Waals surface area contributed by atoms with E-state index in [4.69, 9.17) is 20.6 Å². The van der Waals surface area contributed by atoms with Crippen molar-refractivity contribution < 1.29 is 23.8 Å². The summed E-state index contributed by atoms with van der Waals surface area (Å²) in [6.07, 6.45) is 3.55. The molecule has 0 atom stereocenters. The van der Waals surface area contributed by atoms with Crippen molar-refractivity contribution in [3.05, 3.63) is 0 Å². The van der Waals surface area contributed by atoms with E-state index in [-0.39, 0.29) is 6.61 Å². The van der Waals surface area contributed by atoms with Crippen LogP contribution in [0.3, 0.4) is 0 Å². The normalized spacial score (nSPS) is 12.0. The van der Waals surface area contributed by atoms with Crippen LogP contribution in [0.1, 0.15) is 41.0 Å². The molecule has 0 bridgehead atoms. The van der Waals surface area contributed by atoms with Crippen molar-refractivity contribution in [3.63, 3.8) is 0 Å². The smallest absolute Gasteiger partial charge is 0.441 e. The van der Waals surface area contributed by atoms with Crippen molar-refractivity contribution in [2.45, 2.75) is 52.2 Å². The number of hydrogen-bond donors (Lipinski definition) is 0. The van der Waals surface area contributed by atoms with Crippen molar-refractivity contribution in [2.75, 3.05) is 13.2 Å². The molecule has 0 radical (unpaired) electrons. The van der Waals surface area contributed by atoms with E-state index in [9.17, 15) is 9.59 Å². The van der Waals surface area contributed by atoms with Gasteiger partial charge in [-0.15, -0.1) is 6.42 Å². The molecule has 2 amide bonds. The van der Waals surface area contributed by atoms with Gasteiger partial charge in [0.2, 0.25) is 0 Å². The summed E-state index contributed by atoms with van der Waals surface area (Å²) in [6.45, 7) is 8.95. The topological polar surface area (TPSA) is 86.5 Å². The lowest BCUT2D eigenvalue weighted by molar-refractivity contribution is 0.0151. The molecule has 0 aliphatic heterocycles. The Hall–Kier alpha value is -1.94. The number of amides is 2. The molecule has 7 heteroatoms. The van der Waals surface area contributed by atoms with Gasteiger partial charge >= 0.3 is 12.2 Å². The molecule has 0 saturated carbocycles. The SMILES string of the molecule is C#CCOCCC(C)(C)OC(=O)/N=N/C(=O)OC(C)(C)C. The lowest BCUT2D eigenvalue weighted by atomic mass is 10.1. The summed E-state index contributed by atoms with van der Waals surface area (Å²) in [5.41, 5.74) is -1.51. The first-order valence-corrected chi connectivity index (χ1v) is 6.45. The van der Waals surface area contributed by atoms with Gasteiger partial charge in [0.05, 0.1) is 6.61 Å². The molecule has 0 fully saturated rings. The van der Waals surface area contributed by atoms with Gasteiger partial charge in [-0.25, -0.2) is 9.59 Å². The van der Waals surface area contributed by atoms with Gasteiger partial charge in [0.1, 0.15) is 17.8 Å². The van der Waals surface area contributed by atoms with Crippen LogP contribution < -0.4 is 0 Å². The van der Waals surface area contributed by atoms with E-state index in [2.05, 4.69) is 16.1 Å². The third kappa shape index (κ3) is 11.6. The molecule has 0 unspecified atom stereocenters. The van der Waals surface area contributed by atoms with E-state index < -0.39 is 23.4 Å². The fraction of sp³-hybridized carbons (Fsp3) is 0.714. The Morgan fingerprint density at radius 3 is 2.05 bits per heavy atom. The van der Waals surface area contributed by atoms with Crippen LogP contribution in [0.4, 0.5) is 9.59 Å². The quantitative estimate of drug-likeness (QED) is 0.441. The van der Waals surface area contributed by atoms with Gasteiger partial charge in [0.25, 0.3) is 0 Å². The number of nitrogens with zero attached hydrogens (tertiary/aromatic N) is 2. The first-order valence-electron chi connectivity index (χ1n) is 6.45. The molecule has 0 aromatic heterocycles. The molecule has 0 aromatic rings. The molecule has 0 heterocycles. The Morgan fingerprint density at radius 1 is 1.05 bits per heavy atom.